The van der Waals surface area contributed by atoms with Crippen LogP contribution in [0.15, 0.2) is 0 Å². The first-order valence-corrected chi connectivity index (χ1v) is 6.32. The van der Waals surface area contributed by atoms with Gasteiger partial charge >= 0.3 is 5.97 Å². The minimum absolute atomic E-state index is 0.0282. The molecule has 0 bridgehead atoms. The van der Waals surface area contributed by atoms with Gasteiger partial charge in [0.25, 0.3) is 0 Å². The minimum Gasteiger partial charge on any atom is -0.469 e. The van der Waals surface area contributed by atoms with Gasteiger partial charge in [-0.25, -0.2) is 8.42 Å². The van der Waals surface area contributed by atoms with E-state index in [1.54, 1.807) is 0 Å². The van der Waals surface area contributed by atoms with Crippen LogP contribution in [0.1, 0.15) is 12.8 Å². The van der Waals surface area contributed by atoms with Gasteiger partial charge in [-0.1, -0.05) is 0 Å². The molecule has 2 atom stereocenters. The maximum atomic E-state index is 11.3. The van der Waals surface area contributed by atoms with E-state index in [0.717, 1.165) is 0 Å². The van der Waals surface area contributed by atoms with E-state index >= 15 is 0 Å². The molecule has 0 aromatic rings. The van der Waals surface area contributed by atoms with E-state index in [4.69, 9.17) is 5.73 Å². The predicted octanol–water partition coefficient (Wildman–Crippen LogP) is -0.688. The summed E-state index contributed by atoms with van der Waals surface area (Å²) in [6, 6.07) is -0.403. The summed E-state index contributed by atoms with van der Waals surface area (Å²) in [5.74, 6) is -0.783. The lowest BCUT2D eigenvalue weighted by Gasteiger charge is -2.17. The second-order valence-corrected chi connectivity index (χ2v) is 5.83. The molecule has 0 radical (unpaired) electrons. The molecule has 1 rings (SSSR count). The molecule has 1 aliphatic heterocycles. The van der Waals surface area contributed by atoms with Crippen LogP contribution in [0.3, 0.4) is 0 Å². The van der Waals surface area contributed by atoms with Crippen LogP contribution in [-0.2, 0) is 19.4 Å². The van der Waals surface area contributed by atoms with Crippen LogP contribution in [0.25, 0.3) is 0 Å². The third-order valence-electron chi connectivity index (χ3n) is 2.52. The summed E-state index contributed by atoms with van der Waals surface area (Å²) in [5, 5.41) is 0. The molecule has 2 N–H and O–H groups in total. The molecule has 0 aliphatic carbocycles. The highest BCUT2D eigenvalue weighted by molar-refractivity contribution is 7.91. The number of hydrogen-bond acceptors (Lipinski definition) is 5. The number of rotatable bonds is 1. The molecule has 0 unspecified atom stereocenters. The number of sulfone groups is 1. The quantitative estimate of drug-likeness (QED) is 0.592. The van der Waals surface area contributed by atoms with Crippen molar-refractivity contribution in [1.29, 1.82) is 0 Å². The fourth-order valence-corrected chi connectivity index (χ4v) is 3.03. The lowest BCUT2D eigenvalue weighted by molar-refractivity contribution is -0.146. The van der Waals surface area contributed by atoms with Crippen molar-refractivity contribution in [3.8, 4) is 0 Å². The third-order valence-corrected chi connectivity index (χ3v) is 4.24. The Morgan fingerprint density at radius 2 is 1.93 bits per heavy atom. The maximum Gasteiger partial charge on any atom is 0.310 e. The smallest absolute Gasteiger partial charge is 0.310 e. The zero-order valence-corrected chi connectivity index (χ0v) is 8.92. The summed E-state index contributed by atoms with van der Waals surface area (Å²) in [6.45, 7) is 0. The summed E-state index contributed by atoms with van der Waals surface area (Å²) in [6.07, 6.45) is 0.609. The molecule has 0 spiro atoms. The summed E-state index contributed by atoms with van der Waals surface area (Å²) >= 11 is 0. The molecule has 0 aromatic carbocycles. The zero-order valence-electron chi connectivity index (χ0n) is 8.10. The Morgan fingerprint density at radius 1 is 1.36 bits per heavy atom. The van der Waals surface area contributed by atoms with Gasteiger partial charge in [-0.05, 0) is 12.8 Å². The average Bonchev–Trinajstić information content (AvgIpc) is 2.26. The number of esters is 1. The molecule has 1 fully saturated rings. The summed E-state index contributed by atoms with van der Waals surface area (Å²) in [4.78, 5) is 11.2. The summed E-state index contributed by atoms with van der Waals surface area (Å²) < 4.78 is 27.1. The van der Waals surface area contributed by atoms with Crippen LogP contribution < -0.4 is 5.73 Å². The highest BCUT2D eigenvalue weighted by atomic mass is 32.2. The molecule has 82 valence electrons. The second-order valence-electron chi connectivity index (χ2n) is 3.52. The van der Waals surface area contributed by atoms with E-state index in [-0.39, 0.29) is 17.9 Å². The van der Waals surface area contributed by atoms with Crippen LogP contribution in [0.4, 0.5) is 0 Å². The summed E-state index contributed by atoms with van der Waals surface area (Å²) in [5.41, 5.74) is 5.71. The number of carbonyl (C=O) groups is 1. The Hall–Kier alpha value is -0.620. The lowest BCUT2D eigenvalue weighted by Crippen LogP contribution is -2.36. The predicted molar refractivity (Wildman–Crippen MR) is 51.4 cm³/mol. The normalized spacial score (nSPS) is 31.9. The second kappa shape index (κ2) is 4.27. The standard InChI is InChI=1S/C8H15NO4S/c1-13-8(10)6-2-4-14(11,12)5-3-7(6)9/h6-7H,2-5,9H2,1H3/t6-,7-/m0/s1. The van der Waals surface area contributed by atoms with Crippen LogP contribution in [0, 0.1) is 5.92 Å². The van der Waals surface area contributed by atoms with Gasteiger partial charge in [0.1, 0.15) is 9.84 Å². The van der Waals surface area contributed by atoms with Crippen molar-refractivity contribution < 1.29 is 17.9 Å². The van der Waals surface area contributed by atoms with Crippen LogP contribution >= 0.6 is 0 Å². The van der Waals surface area contributed by atoms with Crippen LogP contribution in [0.5, 0.6) is 0 Å². The minimum atomic E-state index is -3.01. The largest absolute Gasteiger partial charge is 0.469 e. The van der Waals surface area contributed by atoms with Crippen molar-refractivity contribution in [2.75, 3.05) is 18.6 Å². The van der Waals surface area contributed by atoms with Gasteiger partial charge in [-0.15, -0.1) is 0 Å². The molecular weight excluding hydrogens is 206 g/mol. The van der Waals surface area contributed by atoms with Crippen molar-refractivity contribution >= 4 is 15.8 Å². The molecule has 6 heteroatoms. The van der Waals surface area contributed by atoms with E-state index in [1.165, 1.54) is 7.11 Å². The zero-order chi connectivity index (χ0) is 10.8. The van der Waals surface area contributed by atoms with E-state index in [0.29, 0.717) is 6.42 Å². The first-order valence-electron chi connectivity index (χ1n) is 4.50. The van der Waals surface area contributed by atoms with Gasteiger partial charge in [0, 0.05) is 6.04 Å². The fraction of sp³-hybridized carbons (Fsp3) is 0.875. The number of ether oxygens (including phenoxy) is 1. The van der Waals surface area contributed by atoms with Crippen molar-refractivity contribution in [3.63, 3.8) is 0 Å². The molecule has 5 nitrogen and oxygen atoms in total. The number of hydrogen-bond donors (Lipinski definition) is 1. The number of carbonyl (C=O) groups excluding carboxylic acids is 1. The topological polar surface area (TPSA) is 86.5 Å². The molecule has 0 saturated carbocycles. The Kier molecular flexibility index (Phi) is 3.49. The van der Waals surface area contributed by atoms with Gasteiger partial charge in [-0.3, -0.25) is 4.79 Å². The molecule has 0 amide bonds. The van der Waals surface area contributed by atoms with Crippen molar-refractivity contribution in [2.45, 2.75) is 18.9 Å². The van der Waals surface area contributed by atoms with Crippen LogP contribution in [0.2, 0.25) is 0 Å². The molecular formula is C8H15NO4S. The van der Waals surface area contributed by atoms with Gasteiger partial charge in [-0.2, -0.15) is 0 Å². The first-order chi connectivity index (χ1) is 6.46. The Morgan fingerprint density at radius 3 is 2.50 bits per heavy atom. The molecule has 14 heavy (non-hydrogen) atoms. The van der Waals surface area contributed by atoms with Gasteiger partial charge < -0.3 is 10.5 Å². The van der Waals surface area contributed by atoms with E-state index in [1.807, 2.05) is 0 Å². The monoisotopic (exact) mass is 221 g/mol. The van der Waals surface area contributed by atoms with Gasteiger partial charge in [0.15, 0.2) is 0 Å². The Balaban J connectivity index is 2.75. The number of nitrogens with two attached hydrogens (primary N) is 1. The lowest BCUT2D eigenvalue weighted by atomic mass is 9.96. The summed E-state index contributed by atoms with van der Waals surface area (Å²) in [7, 11) is -1.73. The highest BCUT2D eigenvalue weighted by Gasteiger charge is 2.32. The Bertz CT molecular complexity index is 311. The molecule has 1 aliphatic rings. The van der Waals surface area contributed by atoms with E-state index in [9.17, 15) is 13.2 Å². The third kappa shape index (κ3) is 2.68. The van der Waals surface area contributed by atoms with Crippen molar-refractivity contribution in [2.24, 2.45) is 11.7 Å². The number of methoxy groups -OCH3 is 1. The molecule has 0 aromatic heterocycles. The van der Waals surface area contributed by atoms with Gasteiger partial charge in [0.2, 0.25) is 0 Å². The van der Waals surface area contributed by atoms with Gasteiger partial charge in [0.05, 0.1) is 24.5 Å². The van der Waals surface area contributed by atoms with E-state index < -0.39 is 27.8 Å². The van der Waals surface area contributed by atoms with Crippen molar-refractivity contribution in [1.82, 2.24) is 0 Å². The highest BCUT2D eigenvalue weighted by Crippen LogP contribution is 2.19. The molecule has 1 heterocycles. The van der Waals surface area contributed by atoms with Crippen molar-refractivity contribution in [3.05, 3.63) is 0 Å². The molecule has 1 saturated heterocycles. The van der Waals surface area contributed by atoms with E-state index in [2.05, 4.69) is 4.74 Å². The Labute approximate surface area is 83.5 Å². The maximum absolute atomic E-state index is 11.3. The first kappa shape index (κ1) is 11.5. The fourth-order valence-electron chi connectivity index (χ4n) is 1.58. The van der Waals surface area contributed by atoms with Crippen LogP contribution in [-0.4, -0.2) is 39.0 Å². The SMILES string of the molecule is COC(=O)[C@H]1CCS(=O)(=O)CC[C@@H]1N. The average molecular weight is 221 g/mol.